The van der Waals surface area contributed by atoms with Crippen LogP contribution in [-0.4, -0.2) is 38.1 Å². The van der Waals surface area contributed by atoms with E-state index in [4.69, 9.17) is 0 Å². The van der Waals surface area contributed by atoms with Gasteiger partial charge in [-0.1, -0.05) is 0 Å². The Morgan fingerprint density at radius 3 is 2.67 bits per heavy atom. The Balaban J connectivity index is 3.17. The third-order valence-electron chi connectivity index (χ3n) is 1.39. The second-order valence-electron chi connectivity index (χ2n) is 2.21. The van der Waals surface area contributed by atoms with Gasteiger partial charge in [-0.25, -0.2) is 5.06 Å². The van der Waals surface area contributed by atoms with Gasteiger partial charge in [-0.2, -0.15) is 0 Å². The molecule has 0 aromatic rings. The van der Waals surface area contributed by atoms with Crippen LogP contribution >= 0.6 is 0 Å². The van der Waals surface area contributed by atoms with Gasteiger partial charge in [0.15, 0.2) is 0 Å². The van der Waals surface area contributed by atoms with Crippen molar-refractivity contribution in [2.45, 2.75) is 12.8 Å². The zero-order valence-electron chi connectivity index (χ0n) is 7.16. The Morgan fingerprint density at radius 1 is 1.42 bits per heavy atom. The van der Waals surface area contributed by atoms with Gasteiger partial charge in [-0.05, 0) is 12.8 Å². The van der Waals surface area contributed by atoms with Gasteiger partial charge in [0.25, 0.3) is 0 Å². The van der Waals surface area contributed by atoms with Crippen molar-refractivity contribution in [1.82, 2.24) is 10.4 Å². The van der Waals surface area contributed by atoms with Gasteiger partial charge in [0, 0.05) is 13.1 Å². The van der Waals surface area contributed by atoms with E-state index in [2.05, 4.69) is 10.2 Å². The van der Waals surface area contributed by atoms with Crippen LogP contribution in [0.5, 0.6) is 0 Å². The number of nitrogens with zero attached hydrogens (tertiary/aromatic N) is 1. The van der Waals surface area contributed by atoms with Crippen LogP contribution in [-0.2, 0) is 14.4 Å². The number of carbonyl (C=O) groups is 2. The molecule has 0 aliphatic carbocycles. The lowest BCUT2D eigenvalue weighted by molar-refractivity contribution is -0.160. The molecule has 0 radical (unpaired) electrons. The molecule has 0 unspecified atom stereocenters. The van der Waals surface area contributed by atoms with Crippen LogP contribution in [0.25, 0.3) is 0 Å². The normalized spacial score (nSPS) is 9.08. The van der Waals surface area contributed by atoms with E-state index in [0.29, 0.717) is 25.9 Å². The summed E-state index contributed by atoms with van der Waals surface area (Å²) in [5, 5.41) is 3.74. The first-order valence-corrected chi connectivity index (χ1v) is 3.78. The monoisotopic (exact) mass is 174 g/mol. The third kappa shape index (κ3) is 5.67. The molecule has 70 valence electrons. The molecule has 1 N–H and O–H groups in total. The Morgan fingerprint density at radius 2 is 2.17 bits per heavy atom. The largest absolute Gasteiger partial charge is 0.359 e. The number of rotatable bonds is 8. The Labute approximate surface area is 71.6 Å². The molecule has 0 heterocycles. The van der Waals surface area contributed by atoms with Crippen molar-refractivity contribution in [3.63, 3.8) is 0 Å². The summed E-state index contributed by atoms with van der Waals surface area (Å²) in [5.41, 5.74) is 0. The first-order chi connectivity index (χ1) is 5.85. The van der Waals surface area contributed by atoms with E-state index in [-0.39, 0.29) is 0 Å². The van der Waals surface area contributed by atoms with E-state index in [9.17, 15) is 9.59 Å². The SMILES string of the molecule is CON(C=O)CCCCNC=O. The van der Waals surface area contributed by atoms with Crippen molar-refractivity contribution < 1.29 is 14.4 Å². The maximum Gasteiger partial charge on any atom is 0.233 e. The van der Waals surface area contributed by atoms with Crippen LogP contribution in [0.4, 0.5) is 0 Å². The Kier molecular flexibility index (Phi) is 7.27. The molecule has 2 amide bonds. The third-order valence-corrected chi connectivity index (χ3v) is 1.39. The van der Waals surface area contributed by atoms with Gasteiger partial charge in [0.1, 0.15) is 0 Å². The average Bonchev–Trinajstić information content (AvgIpc) is 2.11. The highest BCUT2D eigenvalue weighted by Gasteiger charge is 1.97. The zero-order valence-corrected chi connectivity index (χ0v) is 7.16. The number of carbonyl (C=O) groups excluding carboxylic acids is 2. The fraction of sp³-hybridized carbons (Fsp3) is 0.714. The first kappa shape index (κ1) is 10.9. The highest BCUT2D eigenvalue weighted by molar-refractivity contribution is 5.45. The maximum absolute atomic E-state index is 10.2. The summed E-state index contributed by atoms with van der Waals surface area (Å²) in [6.07, 6.45) is 2.95. The first-order valence-electron chi connectivity index (χ1n) is 3.78. The molecule has 0 aromatic carbocycles. The molecule has 0 aromatic heterocycles. The van der Waals surface area contributed by atoms with E-state index in [0.717, 1.165) is 12.8 Å². The van der Waals surface area contributed by atoms with Crippen molar-refractivity contribution in [2.24, 2.45) is 0 Å². The minimum Gasteiger partial charge on any atom is -0.359 e. The molecule has 0 rings (SSSR count). The molecule has 0 saturated heterocycles. The van der Waals surface area contributed by atoms with Gasteiger partial charge in [-0.3, -0.25) is 14.4 Å². The average molecular weight is 174 g/mol. The summed E-state index contributed by atoms with van der Waals surface area (Å²) in [5.74, 6) is 0. The lowest BCUT2D eigenvalue weighted by Gasteiger charge is -2.12. The fourth-order valence-corrected chi connectivity index (χ4v) is 0.741. The zero-order chi connectivity index (χ0) is 9.23. The van der Waals surface area contributed by atoms with Crippen molar-refractivity contribution in [3.05, 3.63) is 0 Å². The molecular formula is C7H14N2O3. The highest BCUT2D eigenvalue weighted by atomic mass is 16.7. The maximum atomic E-state index is 10.2. The molecule has 12 heavy (non-hydrogen) atoms. The standard InChI is InChI=1S/C7H14N2O3/c1-12-9(7-11)5-3-2-4-8-6-10/h6-7H,2-5H2,1H3,(H,8,10). The number of hydrogen-bond donors (Lipinski definition) is 1. The molecule has 5 heteroatoms. The smallest absolute Gasteiger partial charge is 0.233 e. The minimum absolute atomic E-state index is 0.556. The van der Waals surface area contributed by atoms with Gasteiger partial charge < -0.3 is 5.32 Å². The van der Waals surface area contributed by atoms with Gasteiger partial charge in [0.05, 0.1) is 7.11 Å². The van der Waals surface area contributed by atoms with Crippen LogP contribution in [0.2, 0.25) is 0 Å². The van der Waals surface area contributed by atoms with E-state index in [1.807, 2.05) is 0 Å². The van der Waals surface area contributed by atoms with Crippen LogP contribution < -0.4 is 5.32 Å². The van der Waals surface area contributed by atoms with Crippen LogP contribution in [0.1, 0.15) is 12.8 Å². The van der Waals surface area contributed by atoms with Crippen LogP contribution in [0.15, 0.2) is 0 Å². The summed E-state index contributed by atoms with van der Waals surface area (Å²) in [6.45, 7) is 1.19. The molecular weight excluding hydrogens is 160 g/mol. The second-order valence-corrected chi connectivity index (χ2v) is 2.21. The minimum atomic E-state index is 0.556. The van der Waals surface area contributed by atoms with Gasteiger partial charge >= 0.3 is 0 Å². The summed E-state index contributed by atoms with van der Waals surface area (Å²) in [6, 6.07) is 0. The number of hydrogen-bond acceptors (Lipinski definition) is 3. The van der Waals surface area contributed by atoms with Gasteiger partial charge in [0.2, 0.25) is 12.8 Å². The lowest BCUT2D eigenvalue weighted by atomic mass is 10.3. The molecule has 0 saturated carbocycles. The predicted molar refractivity (Wildman–Crippen MR) is 43.1 cm³/mol. The molecule has 0 atom stereocenters. The van der Waals surface area contributed by atoms with Crippen molar-refractivity contribution >= 4 is 12.8 Å². The lowest BCUT2D eigenvalue weighted by Crippen LogP contribution is -2.22. The number of hydroxylamine groups is 2. The predicted octanol–water partition coefficient (Wildman–Crippen LogP) is -0.468. The fourth-order valence-electron chi connectivity index (χ4n) is 0.741. The van der Waals surface area contributed by atoms with Crippen molar-refractivity contribution in [2.75, 3.05) is 20.2 Å². The van der Waals surface area contributed by atoms with Gasteiger partial charge in [-0.15, -0.1) is 0 Å². The molecule has 5 nitrogen and oxygen atoms in total. The van der Waals surface area contributed by atoms with Crippen molar-refractivity contribution in [1.29, 1.82) is 0 Å². The highest BCUT2D eigenvalue weighted by Crippen LogP contribution is 1.91. The number of nitrogens with one attached hydrogen (secondary N) is 1. The van der Waals surface area contributed by atoms with E-state index in [1.165, 1.54) is 12.2 Å². The van der Waals surface area contributed by atoms with E-state index in [1.54, 1.807) is 0 Å². The van der Waals surface area contributed by atoms with E-state index < -0.39 is 0 Å². The molecule has 0 aliphatic heterocycles. The molecule has 0 fully saturated rings. The second kappa shape index (κ2) is 8.00. The van der Waals surface area contributed by atoms with E-state index >= 15 is 0 Å². The number of unbranched alkanes of at least 4 members (excludes halogenated alkanes) is 1. The quantitative estimate of drug-likeness (QED) is 0.307. The summed E-state index contributed by atoms with van der Waals surface area (Å²) in [4.78, 5) is 24.7. The Bertz CT molecular complexity index is 130. The summed E-state index contributed by atoms with van der Waals surface area (Å²) in [7, 11) is 1.44. The number of amides is 2. The molecule has 0 bridgehead atoms. The van der Waals surface area contributed by atoms with Crippen molar-refractivity contribution in [3.8, 4) is 0 Å². The summed E-state index contributed by atoms with van der Waals surface area (Å²) < 4.78 is 0. The molecule has 0 spiro atoms. The Hall–Kier alpha value is -1.10. The topological polar surface area (TPSA) is 58.6 Å². The molecule has 0 aliphatic rings. The summed E-state index contributed by atoms with van der Waals surface area (Å²) >= 11 is 0. The van der Waals surface area contributed by atoms with Crippen LogP contribution in [0, 0.1) is 0 Å². The van der Waals surface area contributed by atoms with Crippen LogP contribution in [0.3, 0.4) is 0 Å².